The lowest BCUT2D eigenvalue weighted by Crippen LogP contribution is -2.14. The first-order chi connectivity index (χ1) is 6.83. The van der Waals surface area contributed by atoms with Crippen LogP contribution in [0.25, 0.3) is 11.0 Å². The summed E-state index contributed by atoms with van der Waals surface area (Å²) < 4.78 is 1.72. The third-order valence-corrected chi connectivity index (χ3v) is 2.00. The SMILES string of the molecule is CC.CCn1c(=O)[nH]c2ccccc21. The fraction of sp³-hybridized carbons (Fsp3) is 0.364. The smallest absolute Gasteiger partial charge is 0.306 e. The van der Waals surface area contributed by atoms with Gasteiger partial charge in [-0.2, -0.15) is 0 Å². The Kier molecular flexibility index (Phi) is 3.51. The van der Waals surface area contributed by atoms with E-state index < -0.39 is 0 Å². The molecule has 0 aliphatic carbocycles. The standard InChI is InChI=1S/C9H10N2O.C2H6/c1-2-11-8-6-4-3-5-7(8)10-9(11)12;1-2/h3-6H,2H2,1H3,(H,10,12);1-2H3. The van der Waals surface area contributed by atoms with Crippen molar-refractivity contribution in [2.75, 3.05) is 0 Å². The van der Waals surface area contributed by atoms with E-state index in [1.807, 2.05) is 45.0 Å². The van der Waals surface area contributed by atoms with Crippen LogP contribution in [0, 0.1) is 0 Å². The maximum atomic E-state index is 11.3. The molecule has 0 saturated heterocycles. The Labute approximate surface area is 83.4 Å². The number of fused-ring (bicyclic) bond motifs is 1. The molecular weight excluding hydrogens is 176 g/mol. The van der Waals surface area contributed by atoms with Gasteiger partial charge in [0.1, 0.15) is 0 Å². The normalized spacial score (nSPS) is 9.64. The summed E-state index contributed by atoms with van der Waals surface area (Å²) in [6.45, 7) is 6.67. The molecule has 1 heterocycles. The van der Waals surface area contributed by atoms with Crippen molar-refractivity contribution in [2.24, 2.45) is 0 Å². The molecule has 0 radical (unpaired) electrons. The molecule has 3 nitrogen and oxygen atoms in total. The Morgan fingerprint density at radius 2 is 1.93 bits per heavy atom. The Hall–Kier alpha value is -1.51. The van der Waals surface area contributed by atoms with E-state index in [-0.39, 0.29) is 5.69 Å². The zero-order valence-electron chi connectivity index (χ0n) is 8.87. The lowest BCUT2D eigenvalue weighted by atomic mass is 10.3. The number of aromatic nitrogens is 2. The summed E-state index contributed by atoms with van der Waals surface area (Å²) in [5.41, 5.74) is 1.85. The van der Waals surface area contributed by atoms with Gasteiger partial charge >= 0.3 is 5.69 Å². The molecule has 1 aromatic heterocycles. The van der Waals surface area contributed by atoms with E-state index >= 15 is 0 Å². The van der Waals surface area contributed by atoms with Gasteiger partial charge in [-0.05, 0) is 19.1 Å². The molecule has 0 aliphatic heterocycles. The van der Waals surface area contributed by atoms with Crippen molar-refractivity contribution < 1.29 is 0 Å². The van der Waals surface area contributed by atoms with Gasteiger partial charge < -0.3 is 4.98 Å². The molecule has 0 unspecified atom stereocenters. The molecule has 0 aliphatic rings. The fourth-order valence-corrected chi connectivity index (χ4v) is 1.42. The molecule has 3 heteroatoms. The molecule has 0 fully saturated rings. The summed E-state index contributed by atoms with van der Waals surface area (Å²) in [7, 11) is 0. The number of aryl methyl sites for hydroxylation is 1. The van der Waals surface area contributed by atoms with Gasteiger partial charge in [-0.3, -0.25) is 4.57 Å². The van der Waals surface area contributed by atoms with Crippen LogP contribution in [0.1, 0.15) is 20.8 Å². The summed E-state index contributed by atoms with van der Waals surface area (Å²) in [6, 6.07) is 7.69. The van der Waals surface area contributed by atoms with Crippen LogP contribution in [-0.4, -0.2) is 9.55 Å². The molecule has 0 bridgehead atoms. The molecule has 0 amide bonds. The Balaban J connectivity index is 0.000000461. The number of H-pyrrole nitrogens is 1. The molecule has 1 N–H and O–H groups in total. The van der Waals surface area contributed by atoms with Crippen LogP contribution < -0.4 is 5.69 Å². The predicted octanol–water partition coefficient (Wildman–Crippen LogP) is 2.38. The number of para-hydroxylation sites is 2. The number of nitrogens with one attached hydrogen (secondary N) is 1. The summed E-state index contributed by atoms with van der Waals surface area (Å²) in [4.78, 5) is 14.1. The van der Waals surface area contributed by atoms with E-state index in [1.165, 1.54) is 0 Å². The first-order valence-corrected chi connectivity index (χ1v) is 5.00. The van der Waals surface area contributed by atoms with E-state index in [9.17, 15) is 4.79 Å². The number of benzene rings is 1. The Morgan fingerprint density at radius 1 is 1.29 bits per heavy atom. The lowest BCUT2D eigenvalue weighted by molar-refractivity contribution is 0.753. The van der Waals surface area contributed by atoms with E-state index in [0.29, 0.717) is 6.54 Å². The number of hydrogen-bond acceptors (Lipinski definition) is 1. The zero-order valence-corrected chi connectivity index (χ0v) is 8.87. The van der Waals surface area contributed by atoms with Crippen molar-refractivity contribution in [3.8, 4) is 0 Å². The van der Waals surface area contributed by atoms with E-state index in [2.05, 4.69) is 4.98 Å². The average molecular weight is 192 g/mol. The highest BCUT2D eigenvalue weighted by Gasteiger charge is 2.01. The van der Waals surface area contributed by atoms with E-state index in [1.54, 1.807) is 4.57 Å². The second-order valence-corrected chi connectivity index (χ2v) is 2.69. The molecular formula is C11H16N2O. The number of hydrogen-bond donors (Lipinski definition) is 1. The summed E-state index contributed by atoms with van der Waals surface area (Å²) in [6.07, 6.45) is 0. The topological polar surface area (TPSA) is 37.8 Å². The van der Waals surface area contributed by atoms with Crippen LogP contribution in [0.4, 0.5) is 0 Å². The van der Waals surface area contributed by atoms with Crippen molar-refractivity contribution in [1.82, 2.24) is 9.55 Å². The van der Waals surface area contributed by atoms with Crippen molar-refractivity contribution in [1.29, 1.82) is 0 Å². The number of aromatic amines is 1. The quantitative estimate of drug-likeness (QED) is 0.740. The van der Waals surface area contributed by atoms with Crippen molar-refractivity contribution in [3.05, 3.63) is 34.7 Å². The minimum Gasteiger partial charge on any atom is -0.306 e. The van der Waals surface area contributed by atoms with Crippen LogP contribution >= 0.6 is 0 Å². The van der Waals surface area contributed by atoms with Crippen LogP contribution in [0.5, 0.6) is 0 Å². The van der Waals surface area contributed by atoms with E-state index in [4.69, 9.17) is 0 Å². The van der Waals surface area contributed by atoms with Crippen molar-refractivity contribution in [2.45, 2.75) is 27.3 Å². The predicted molar refractivity (Wildman–Crippen MR) is 59.6 cm³/mol. The summed E-state index contributed by atoms with van der Waals surface area (Å²) in [5.74, 6) is 0. The largest absolute Gasteiger partial charge is 0.326 e. The maximum absolute atomic E-state index is 11.3. The highest BCUT2D eigenvalue weighted by molar-refractivity contribution is 5.74. The van der Waals surface area contributed by atoms with E-state index in [0.717, 1.165) is 11.0 Å². The molecule has 14 heavy (non-hydrogen) atoms. The summed E-state index contributed by atoms with van der Waals surface area (Å²) >= 11 is 0. The Bertz CT molecular complexity index is 454. The van der Waals surface area contributed by atoms with Gasteiger partial charge in [0.15, 0.2) is 0 Å². The monoisotopic (exact) mass is 192 g/mol. The molecule has 76 valence electrons. The molecule has 2 rings (SSSR count). The van der Waals surface area contributed by atoms with Gasteiger partial charge in [-0.15, -0.1) is 0 Å². The second-order valence-electron chi connectivity index (χ2n) is 2.69. The van der Waals surface area contributed by atoms with Crippen LogP contribution in [0.15, 0.2) is 29.1 Å². The highest BCUT2D eigenvalue weighted by Crippen LogP contribution is 2.07. The van der Waals surface area contributed by atoms with Crippen LogP contribution in [0.3, 0.4) is 0 Å². The molecule has 0 atom stereocenters. The lowest BCUT2D eigenvalue weighted by Gasteiger charge is -1.95. The molecule has 0 saturated carbocycles. The van der Waals surface area contributed by atoms with Gasteiger partial charge in [0.25, 0.3) is 0 Å². The maximum Gasteiger partial charge on any atom is 0.326 e. The molecule has 2 aromatic rings. The van der Waals surface area contributed by atoms with Crippen LogP contribution in [0.2, 0.25) is 0 Å². The third-order valence-electron chi connectivity index (χ3n) is 2.00. The average Bonchev–Trinajstić information content (AvgIpc) is 2.56. The highest BCUT2D eigenvalue weighted by atomic mass is 16.1. The number of rotatable bonds is 1. The van der Waals surface area contributed by atoms with Crippen LogP contribution in [-0.2, 0) is 6.54 Å². The Morgan fingerprint density at radius 3 is 2.57 bits per heavy atom. The van der Waals surface area contributed by atoms with Gasteiger partial charge in [-0.1, -0.05) is 26.0 Å². The minimum absolute atomic E-state index is 0.0290. The van der Waals surface area contributed by atoms with Crippen molar-refractivity contribution in [3.63, 3.8) is 0 Å². The van der Waals surface area contributed by atoms with Crippen molar-refractivity contribution >= 4 is 11.0 Å². The third kappa shape index (κ3) is 1.71. The van der Waals surface area contributed by atoms with Gasteiger partial charge in [-0.25, -0.2) is 4.79 Å². The van der Waals surface area contributed by atoms with Gasteiger partial charge in [0, 0.05) is 6.54 Å². The summed E-state index contributed by atoms with van der Waals surface area (Å²) in [5, 5.41) is 0. The number of imidazole rings is 1. The number of nitrogens with zero attached hydrogens (tertiary/aromatic N) is 1. The minimum atomic E-state index is -0.0290. The van der Waals surface area contributed by atoms with Gasteiger partial charge in [0.05, 0.1) is 11.0 Å². The zero-order chi connectivity index (χ0) is 10.6. The molecule has 1 aromatic carbocycles. The first-order valence-electron chi connectivity index (χ1n) is 5.00. The fourth-order valence-electron chi connectivity index (χ4n) is 1.42. The first kappa shape index (κ1) is 10.6. The second kappa shape index (κ2) is 4.65. The van der Waals surface area contributed by atoms with Gasteiger partial charge in [0.2, 0.25) is 0 Å². The molecule has 0 spiro atoms.